The summed E-state index contributed by atoms with van der Waals surface area (Å²) >= 11 is 1.25. The molecule has 6 rings (SSSR count). The van der Waals surface area contributed by atoms with Gasteiger partial charge in [-0.05, 0) is 61.5 Å². The molecule has 3 amide bonds. The molecule has 10 heteroatoms. The van der Waals surface area contributed by atoms with Crippen LogP contribution in [-0.2, 0) is 9.59 Å². The lowest BCUT2D eigenvalue weighted by Crippen LogP contribution is -2.30. The summed E-state index contributed by atoms with van der Waals surface area (Å²) in [6.45, 7) is 1.71. The maximum absolute atomic E-state index is 14.4. The van der Waals surface area contributed by atoms with Gasteiger partial charge in [0.2, 0.25) is 5.91 Å². The average Bonchev–Trinajstić information content (AvgIpc) is 3.12. The van der Waals surface area contributed by atoms with Crippen molar-refractivity contribution in [2.75, 3.05) is 10.6 Å². The molecule has 0 spiro atoms. The van der Waals surface area contributed by atoms with E-state index < -0.39 is 22.9 Å². The highest BCUT2D eigenvalue weighted by Gasteiger charge is 2.32. The first-order valence-electron chi connectivity index (χ1n) is 15.2. The van der Waals surface area contributed by atoms with Crippen LogP contribution in [0.2, 0.25) is 0 Å². The molecule has 1 unspecified atom stereocenters. The van der Waals surface area contributed by atoms with Crippen molar-refractivity contribution >= 4 is 58.5 Å². The van der Waals surface area contributed by atoms with E-state index in [2.05, 4.69) is 16.0 Å². The first-order valence-corrected chi connectivity index (χ1v) is 16.1. The molecule has 1 aliphatic carbocycles. The van der Waals surface area contributed by atoms with Gasteiger partial charge in [0, 0.05) is 38.4 Å². The molecular formula is C39H28FN3O5S. The normalized spacial score (nSPS) is 12.7. The van der Waals surface area contributed by atoms with Crippen LogP contribution in [0.1, 0.15) is 54.7 Å². The number of nitrogens with one attached hydrogen (secondary N) is 3. The first kappa shape index (κ1) is 32.8. The third kappa shape index (κ3) is 7.24. The van der Waals surface area contributed by atoms with Crippen molar-refractivity contribution in [3.63, 3.8) is 0 Å². The number of hydrogen-bond donors (Lipinski definition) is 3. The van der Waals surface area contributed by atoms with Crippen LogP contribution in [0.4, 0.5) is 15.8 Å². The number of ketones is 2. The number of amides is 3. The third-order valence-corrected chi connectivity index (χ3v) is 8.85. The van der Waals surface area contributed by atoms with Gasteiger partial charge in [-0.15, -0.1) is 11.8 Å². The van der Waals surface area contributed by atoms with E-state index in [9.17, 15) is 28.4 Å². The van der Waals surface area contributed by atoms with E-state index in [0.29, 0.717) is 22.4 Å². The van der Waals surface area contributed by atoms with Crippen molar-refractivity contribution in [1.82, 2.24) is 5.32 Å². The highest BCUT2D eigenvalue weighted by Crippen LogP contribution is 2.33. The van der Waals surface area contributed by atoms with Crippen LogP contribution in [0.15, 0.2) is 132 Å². The number of carbonyl (C=O) groups is 5. The Bertz CT molecular complexity index is 2150. The smallest absolute Gasteiger partial charge is 0.272 e. The predicted octanol–water partition coefficient (Wildman–Crippen LogP) is 7.13. The summed E-state index contributed by atoms with van der Waals surface area (Å²) in [6, 6.07) is 32.4. The van der Waals surface area contributed by atoms with E-state index in [-0.39, 0.29) is 45.5 Å². The molecule has 5 aromatic rings. The van der Waals surface area contributed by atoms with Gasteiger partial charge in [0.25, 0.3) is 11.8 Å². The van der Waals surface area contributed by atoms with Crippen LogP contribution in [0.5, 0.6) is 0 Å². The zero-order valence-corrected chi connectivity index (χ0v) is 26.8. The number of anilines is 2. The van der Waals surface area contributed by atoms with Crippen molar-refractivity contribution in [1.29, 1.82) is 0 Å². The van der Waals surface area contributed by atoms with Gasteiger partial charge in [0.15, 0.2) is 11.6 Å². The Morgan fingerprint density at radius 2 is 1.33 bits per heavy atom. The highest BCUT2D eigenvalue weighted by atomic mass is 32.2. The Hall–Kier alpha value is -6.13. The van der Waals surface area contributed by atoms with Crippen LogP contribution in [0.3, 0.4) is 0 Å². The number of thioether (sulfide) groups is 1. The Morgan fingerprint density at radius 1 is 0.694 bits per heavy atom. The highest BCUT2D eigenvalue weighted by molar-refractivity contribution is 8.00. The Labute approximate surface area is 285 Å². The number of hydrogen-bond acceptors (Lipinski definition) is 6. The minimum Gasteiger partial charge on any atom is -0.324 e. The van der Waals surface area contributed by atoms with Crippen LogP contribution in [-0.4, -0.2) is 34.5 Å². The van der Waals surface area contributed by atoms with E-state index in [1.807, 2.05) is 0 Å². The minimum absolute atomic E-state index is 0.122. The zero-order valence-electron chi connectivity index (χ0n) is 26.0. The maximum Gasteiger partial charge on any atom is 0.272 e. The van der Waals surface area contributed by atoms with E-state index in [4.69, 9.17) is 0 Å². The number of halogens is 1. The molecule has 5 aromatic carbocycles. The molecule has 0 bridgehead atoms. The van der Waals surface area contributed by atoms with E-state index in [0.717, 1.165) is 4.90 Å². The van der Waals surface area contributed by atoms with E-state index in [1.165, 1.54) is 36.0 Å². The summed E-state index contributed by atoms with van der Waals surface area (Å²) in [5, 5.41) is 7.53. The lowest BCUT2D eigenvalue weighted by molar-refractivity contribution is -0.115. The topological polar surface area (TPSA) is 121 Å². The van der Waals surface area contributed by atoms with Gasteiger partial charge < -0.3 is 16.0 Å². The molecule has 49 heavy (non-hydrogen) atoms. The van der Waals surface area contributed by atoms with Crippen molar-refractivity contribution in [3.05, 3.63) is 166 Å². The molecule has 242 valence electrons. The second kappa shape index (κ2) is 14.3. The quantitative estimate of drug-likeness (QED) is 0.111. The van der Waals surface area contributed by atoms with Gasteiger partial charge in [-0.25, -0.2) is 4.39 Å². The van der Waals surface area contributed by atoms with Crippen LogP contribution >= 0.6 is 11.8 Å². The largest absolute Gasteiger partial charge is 0.324 e. The standard InChI is InChI=1S/C39H28FN3O5S/c1-23(37(46)42-32-17-9-15-30-34(32)36(45)29-14-7-6-13-28(29)35(30)44)49-27-20-18-26(19-21-27)41-39(48)33(22-25-12-5-8-16-31(25)40)43-38(47)24-10-3-2-4-11-24/h2-23H,1H3,(H,41,48)(H,42,46)(H,43,47)/b33-22-. The van der Waals surface area contributed by atoms with Gasteiger partial charge in [-0.2, -0.15) is 0 Å². The summed E-state index contributed by atoms with van der Waals surface area (Å²) in [7, 11) is 0. The average molecular weight is 670 g/mol. The molecule has 8 nitrogen and oxygen atoms in total. The fraction of sp³-hybridized carbons (Fsp3) is 0.0513. The summed E-state index contributed by atoms with van der Waals surface area (Å²) in [5.74, 6) is -2.72. The Kier molecular flexibility index (Phi) is 9.59. The SMILES string of the molecule is CC(Sc1ccc(NC(=O)/C(=C/c2ccccc2F)NC(=O)c2ccccc2)cc1)C(=O)Nc1cccc2c1C(=O)c1ccccc1C2=O. The fourth-order valence-electron chi connectivity index (χ4n) is 5.25. The van der Waals surface area contributed by atoms with Gasteiger partial charge in [0.1, 0.15) is 11.5 Å². The van der Waals surface area contributed by atoms with Gasteiger partial charge in [0.05, 0.1) is 16.5 Å². The van der Waals surface area contributed by atoms with Crippen LogP contribution in [0, 0.1) is 5.82 Å². The summed E-state index contributed by atoms with van der Waals surface area (Å²) in [5.41, 5.74) is 1.99. The second-order valence-electron chi connectivity index (χ2n) is 11.1. The number of rotatable bonds is 9. The molecule has 3 N–H and O–H groups in total. The molecule has 1 aliphatic rings. The number of carbonyl (C=O) groups excluding carboxylic acids is 5. The van der Waals surface area contributed by atoms with E-state index in [1.54, 1.807) is 110 Å². The summed E-state index contributed by atoms with van der Waals surface area (Å²) in [4.78, 5) is 66.5. The lowest BCUT2D eigenvalue weighted by Gasteiger charge is -2.21. The molecular weight excluding hydrogens is 642 g/mol. The number of fused-ring (bicyclic) bond motifs is 2. The molecule has 0 saturated carbocycles. The first-order chi connectivity index (χ1) is 23.7. The van der Waals surface area contributed by atoms with Gasteiger partial charge in [-0.1, -0.05) is 72.8 Å². The van der Waals surface area contributed by atoms with Crippen molar-refractivity contribution in [2.45, 2.75) is 17.1 Å². The maximum atomic E-state index is 14.4. The van der Waals surface area contributed by atoms with Crippen molar-refractivity contribution in [2.24, 2.45) is 0 Å². The molecule has 0 fully saturated rings. The van der Waals surface area contributed by atoms with Crippen molar-refractivity contribution in [3.8, 4) is 0 Å². The molecule has 1 atom stereocenters. The molecule has 0 radical (unpaired) electrons. The Balaban J connectivity index is 1.13. The number of benzene rings is 5. The lowest BCUT2D eigenvalue weighted by atomic mass is 9.83. The predicted molar refractivity (Wildman–Crippen MR) is 187 cm³/mol. The zero-order chi connectivity index (χ0) is 34.5. The van der Waals surface area contributed by atoms with Gasteiger partial charge in [-0.3, -0.25) is 24.0 Å². The summed E-state index contributed by atoms with van der Waals surface area (Å²) < 4.78 is 14.4. The molecule has 0 saturated heterocycles. The third-order valence-electron chi connectivity index (χ3n) is 7.74. The Morgan fingerprint density at radius 3 is 2.04 bits per heavy atom. The second-order valence-corrected chi connectivity index (χ2v) is 12.5. The monoisotopic (exact) mass is 669 g/mol. The molecule has 0 aromatic heterocycles. The van der Waals surface area contributed by atoms with Crippen LogP contribution in [0.25, 0.3) is 6.08 Å². The minimum atomic E-state index is -0.664. The van der Waals surface area contributed by atoms with Crippen molar-refractivity contribution < 1.29 is 28.4 Å². The van der Waals surface area contributed by atoms with Gasteiger partial charge >= 0.3 is 0 Å². The van der Waals surface area contributed by atoms with E-state index >= 15 is 0 Å². The molecule has 0 aliphatic heterocycles. The fourth-order valence-corrected chi connectivity index (χ4v) is 6.11. The summed E-state index contributed by atoms with van der Waals surface area (Å²) in [6.07, 6.45) is 1.27. The van der Waals surface area contributed by atoms with Crippen LogP contribution < -0.4 is 16.0 Å². The molecule has 0 heterocycles.